The van der Waals surface area contributed by atoms with Crippen molar-refractivity contribution in [3.8, 4) is 0 Å². The van der Waals surface area contributed by atoms with Gasteiger partial charge in [-0.1, -0.05) is 0 Å². The third kappa shape index (κ3) is 3.31. The SMILES string of the molecule is COC(=O)c1sc(NCC(F)F)c(C(=O)OC)c1N. The van der Waals surface area contributed by atoms with Crippen molar-refractivity contribution in [3.05, 3.63) is 10.4 Å². The smallest absolute Gasteiger partial charge is 0.350 e. The molecular weight excluding hydrogens is 282 g/mol. The van der Waals surface area contributed by atoms with E-state index >= 15 is 0 Å². The number of hydrogen-bond acceptors (Lipinski definition) is 7. The van der Waals surface area contributed by atoms with E-state index in [1.54, 1.807) is 0 Å². The van der Waals surface area contributed by atoms with Crippen LogP contribution in [0.3, 0.4) is 0 Å². The number of carbonyl (C=O) groups is 2. The average Bonchev–Trinajstić information content (AvgIpc) is 2.71. The van der Waals surface area contributed by atoms with Gasteiger partial charge in [0.25, 0.3) is 6.43 Å². The van der Waals surface area contributed by atoms with Gasteiger partial charge < -0.3 is 20.5 Å². The maximum atomic E-state index is 12.2. The minimum absolute atomic E-state index is 0.0420. The molecule has 1 aromatic rings. The summed E-state index contributed by atoms with van der Waals surface area (Å²) in [7, 11) is 2.26. The fraction of sp³-hybridized carbons (Fsp3) is 0.400. The Bertz CT molecular complexity index is 490. The molecule has 0 unspecified atom stereocenters. The molecule has 0 aliphatic heterocycles. The summed E-state index contributed by atoms with van der Waals surface area (Å²) >= 11 is 0.760. The summed E-state index contributed by atoms with van der Waals surface area (Å²) in [6.45, 7) is -0.676. The Balaban J connectivity index is 3.19. The second-order valence-electron chi connectivity index (χ2n) is 3.30. The monoisotopic (exact) mass is 294 g/mol. The highest BCUT2D eigenvalue weighted by atomic mass is 32.1. The molecular formula is C10H12F2N2O4S. The summed E-state index contributed by atoms with van der Waals surface area (Å²) in [5.41, 5.74) is 5.35. The van der Waals surface area contributed by atoms with Crippen molar-refractivity contribution in [1.82, 2.24) is 0 Å². The molecule has 6 nitrogen and oxygen atoms in total. The molecule has 0 saturated heterocycles. The summed E-state index contributed by atoms with van der Waals surface area (Å²) < 4.78 is 33.3. The Hall–Kier alpha value is -1.90. The molecule has 0 spiro atoms. The maximum absolute atomic E-state index is 12.2. The van der Waals surface area contributed by atoms with Crippen molar-refractivity contribution in [3.63, 3.8) is 0 Å². The van der Waals surface area contributed by atoms with E-state index in [9.17, 15) is 18.4 Å². The minimum atomic E-state index is -2.62. The average molecular weight is 294 g/mol. The van der Waals surface area contributed by atoms with Crippen LogP contribution < -0.4 is 11.1 Å². The van der Waals surface area contributed by atoms with Crippen LogP contribution in [-0.2, 0) is 9.47 Å². The largest absolute Gasteiger partial charge is 0.465 e. The lowest BCUT2D eigenvalue weighted by atomic mass is 10.2. The van der Waals surface area contributed by atoms with E-state index in [0.717, 1.165) is 25.6 Å². The molecule has 0 radical (unpaired) electrons. The van der Waals surface area contributed by atoms with Gasteiger partial charge in [0.05, 0.1) is 26.5 Å². The number of methoxy groups -OCH3 is 2. The fourth-order valence-electron chi connectivity index (χ4n) is 1.29. The molecule has 0 atom stereocenters. The number of rotatable bonds is 5. The number of ether oxygens (including phenoxy) is 2. The zero-order chi connectivity index (χ0) is 14.6. The van der Waals surface area contributed by atoms with Gasteiger partial charge in [0.1, 0.15) is 15.4 Å². The first-order valence-corrected chi connectivity index (χ1v) is 5.84. The van der Waals surface area contributed by atoms with Crippen molar-refractivity contribution in [2.24, 2.45) is 0 Å². The van der Waals surface area contributed by atoms with Gasteiger partial charge in [0.15, 0.2) is 0 Å². The van der Waals surface area contributed by atoms with Gasteiger partial charge in [-0.05, 0) is 0 Å². The summed E-state index contributed by atoms with van der Waals surface area (Å²) in [5, 5.41) is 2.39. The number of halogens is 2. The second-order valence-corrected chi connectivity index (χ2v) is 4.32. The van der Waals surface area contributed by atoms with Crippen LogP contribution in [0.4, 0.5) is 19.5 Å². The lowest BCUT2D eigenvalue weighted by molar-refractivity contribution is 0.0602. The molecule has 106 valence electrons. The van der Waals surface area contributed by atoms with Crippen LogP contribution in [0.25, 0.3) is 0 Å². The molecule has 9 heteroatoms. The minimum Gasteiger partial charge on any atom is -0.465 e. The highest BCUT2D eigenvalue weighted by molar-refractivity contribution is 7.19. The van der Waals surface area contributed by atoms with Crippen LogP contribution >= 0.6 is 11.3 Å². The van der Waals surface area contributed by atoms with Gasteiger partial charge in [-0.25, -0.2) is 18.4 Å². The Morgan fingerprint density at radius 3 is 2.37 bits per heavy atom. The highest BCUT2D eigenvalue weighted by Crippen LogP contribution is 2.36. The number of anilines is 2. The first kappa shape index (κ1) is 15.2. The molecule has 3 N–H and O–H groups in total. The molecule has 0 aliphatic rings. The van der Waals surface area contributed by atoms with Crippen molar-refractivity contribution >= 4 is 34.0 Å². The molecule has 0 amide bonds. The van der Waals surface area contributed by atoms with E-state index < -0.39 is 24.9 Å². The van der Waals surface area contributed by atoms with Crippen molar-refractivity contribution in [1.29, 1.82) is 0 Å². The van der Waals surface area contributed by atoms with Crippen LogP contribution in [0.5, 0.6) is 0 Å². The third-order valence-corrected chi connectivity index (χ3v) is 3.27. The molecule has 19 heavy (non-hydrogen) atoms. The molecule has 1 rings (SSSR count). The van der Waals surface area contributed by atoms with Gasteiger partial charge in [0, 0.05) is 0 Å². The quantitative estimate of drug-likeness (QED) is 0.801. The first-order valence-electron chi connectivity index (χ1n) is 5.03. The van der Waals surface area contributed by atoms with Gasteiger partial charge >= 0.3 is 11.9 Å². The topological polar surface area (TPSA) is 90.6 Å². The number of hydrogen-bond donors (Lipinski definition) is 2. The molecule has 0 aromatic carbocycles. The predicted molar refractivity (Wildman–Crippen MR) is 65.9 cm³/mol. The molecule has 1 heterocycles. The van der Waals surface area contributed by atoms with E-state index in [1.807, 2.05) is 0 Å². The Morgan fingerprint density at radius 1 is 1.32 bits per heavy atom. The van der Waals surface area contributed by atoms with Gasteiger partial charge in [-0.3, -0.25) is 0 Å². The van der Waals surface area contributed by atoms with E-state index in [1.165, 1.54) is 0 Å². The van der Waals surface area contributed by atoms with Crippen molar-refractivity contribution in [2.45, 2.75) is 6.43 Å². The number of nitrogens with two attached hydrogens (primary N) is 1. The van der Waals surface area contributed by atoms with Gasteiger partial charge in [-0.15, -0.1) is 11.3 Å². The van der Waals surface area contributed by atoms with Gasteiger partial charge in [0.2, 0.25) is 0 Å². The van der Waals surface area contributed by atoms with Gasteiger partial charge in [-0.2, -0.15) is 0 Å². The number of thiophene rings is 1. The Kier molecular flexibility index (Phi) is 5.04. The second kappa shape index (κ2) is 6.32. The molecule has 1 aromatic heterocycles. The number of esters is 2. The number of nitrogen functional groups attached to an aromatic ring is 1. The standard InChI is InChI=1S/C10H12F2N2O4S/c1-17-9(15)5-6(13)7(10(16)18-2)19-8(5)14-3-4(11)12/h4,14H,3,13H2,1-2H3. The Morgan fingerprint density at radius 2 is 1.89 bits per heavy atom. The van der Waals surface area contributed by atoms with Crippen LogP contribution in [-0.4, -0.2) is 39.1 Å². The summed E-state index contributed by atoms with van der Waals surface area (Å²) in [6, 6.07) is 0. The molecule has 0 bridgehead atoms. The number of alkyl halides is 2. The molecule has 0 aliphatic carbocycles. The zero-order valence-electron chi connectivity index (χ0n) is 10.2. The highest BCUT2D eigenvalue weighted by Gasteiger charge is 2.26. The summed E-state index contributed by atoms with van der Waals surface area (Å²) in [6.07, 6.45) is -2.62. The third-order valence-electron chi connectivity index (χ3n) is 2.12. The first-order chi connectivity index (χ1) is 8.92. The Labute approximate surface area is 111 Å². The predicted octanol–water partition coefficient (Wildman–Crippen LogP) is 1.58. The van der Waals surface area contributed by atoms with Crippen molar-refractivity contribution < 1.29 is 27.8 Å². The van der Waals surface area contributed by atoms with Crippen LogP contribution in [0.2, 0.25) is 0 Å². The van der Waals surface area contributed by atoms with E-state index in [2.05, 4.69) is 14.8 Å². The zero-order valence-corrected chi connectivity index (χ0v) is 11.0. The van der Waals surface area contributed by atoms with Crippen LogP contribution in [0.15, 0.2) is 0 Å². The normalized spacial score (nSPS) is 10.4. The van der Waals surface area contributed by atoms with E-state index in [-0.39, 0.29) is 21.1 Å². The lowest BCUT2D eigenvalue weighted by Gasteiger charge is -2.05. The van der Waals surface area contributed by atoms with E-state index in [4.69, 9.17) is 5.73 Å². The fourth-order valence-corrected chi connectivity index (χ4v) is 2.32. The number of nitrogens with one attached hydrogen (secondary N) is 1. The molecule has 0 fully saturated rings. The maximum Gasteiger partial charge on any atom is 0.350 e. The number of carbonyl (C=O) groups excluding carboxylic acids is 2. The van der Waals surface area contributed by atoms with E-state index in [0.29, 0.717) is 0 Å². The summed E-state index contributed by atoms with van der Waals surface area (Å²) in [4.78, 5) is 22.9. The summed E-state index contributed by atoms with van der Waals surface area (Å²) in [5.74, 6) is -1.57. The van der Waals surface area contributed by atoms with Crippen LogP contribution in [0.1, 0.15) is 20.0 Å². The van der Waals surface area contributed by atoms with Crippen molar-refractivity contribution in [2.75, 3.05) is 31.8 Å². The lowest BCUT2D eigenvalue weighted by Crippen LogP contribution is -2.13. The van der Waals surface area contributed by atoms with Crippen LogP contribution in [0, 0.1) is 0 Å². The molecule has 0 saturated carbocycles.